The summed E-state index contributed by atoms with van der Waals surface area (Å²) in [6.07, 6.45) is -0.984. The molecule has 0 unspecified atom stereocenters. The minimum atomic E-state index is -5.08. The summed E-state index contributed by atoms with van der Waals surface area (Å²) in [6.45, 7) is 3.31. The first-order valence-corrected chi connectivity index (χ1v) is 8.31. The molecule has 0 aromatic carbocycles. The lowest BCUT2D eigenvalue weighted by atomic mass is 10.1. The summed E-state index contributed by atoms with van der Waals surface area (Å²) in [5, 5.41) is 18.2. The van der Waals surface area contributed by atoms with Crippen molar-refractivity contribution >= 4 is 34.4 Å². The maximum Gasteiger partial charge on any atom is 0.490 e. The number of carboxylic acids is 1. The molecule has 154 valence electrons. The number of H-pyrrole nitrogens is 1. The zero-order chi connectivity index (χ0) is 20.9. The van der Waals surface area contributed by atoms with E-state index in [1.807, 2.05) is 0 Å². The summed E-state index contributed by atoms with van der Waals surface area (Å²) >= 11 is 0. The zero-order valence-corrected chi connectivity index (χ0v) is 15.2. The molecule has 28 heavy (non-hydrogen) atoms. The lowest BCUT2D eigenvalue weighted by molar-refractivity contribution is -0.192. The number of amides is 1. The van der Waals surface area contributed by atoms with Crippen molar-refractivity contribution in [3.8, 4) is 0 Å². The molecular formula is C16H20F3N5O4. The second kappa shape index (κ2) is 8.87. The Bertz CT molecular complexity index is 831. The minimum absolute atomic E-state index is 0.136. The largest absolute Gasteiger partial charge is 0.490 e. The molecule has 0 spiro atoms. The number of nitrogens with zero attached hydrogens (tertiary/aromatic N) is 3. The van der Waals surface area contributed by atoms with Gasteiger partial charge in [0.25, 0.3) is 0 Å². The first-order valence-electron chi connectivity index (χ1n) is 8.31. The average molecular weight is 403 g/mol. The molecule has 3 N–H and O–H groups in total. The van der Waals surface area contributed by atoms with E-state index >= 15 is 0 Å². The Morgan fingerprint density at radius 2 is 1.96 bits per heavy atom. The van der Waals surface area contributed by atoms with Gasteiger partial charge in [0, 0.05) is 39.4 Å². The van der Waals surface area contributed by atoms with Crippen LogP contribution in [0.1, 0.15) is 19.8 Å². The van der Waals surface area contributed by atoms with Crippen LogP contribution in [0.4, 0.5) is 24.8 Å². The number of hydrogen-bond acceptors (Lipinski definition) is 6. The molecule has 0 radical (unpaired) electrons. The molecule has 3 heterocycles. The number of aliphatic carboxylic acids is 1. The number of alkyl halides is 3. The monoisotopic (exact) mass is 403 g/mol. The van der Waals surface area contributed by atoms with E-state index in [2.05, 4.69) is 25.4 Å². The van der Waals surface area contributed by atoms with Gasteiger partial charge in [0.15, 0.2) is 5.82 Å². The Morgan fingerprint density at radius 1 is 1.36 bits per heavy atom. The molecule has 0 atom stereocenters. The van der Waals surface area contributed by atoms with Gasteiger partial charge < -0.3 is 20.1 Å². The molecule has 3 rings (SSSR count). The van der Waals surface area contributed by atoms with Crippen molar-refractivity contribution in [2.75, 3.05) is 30.4 Å². The fourth-order valence-corrected chi connectivity index (χ4v) is 2.69. The summed E-state index contributed by atoms with van der Waals surface area (Å²) in [6, 6.07) is 1.80. The maximum atomic E-state index is 11.1. The number of anilines is 2. The third-order valence-corrected chi connectivity index (χ3v) is 4.05. The van der Waals surface area contributed by atoms with Gasteiger partial charge in [-0.15, -0.1) is 0 Å². The zero-order valence-electron chi connectivity index (χ0n) is 15.2. The van der Waals surface area contributed by atoms with Gasteiger partial charge in [-0.2, -0.15) is 18.3 Å². The van der Waals surface area contributed by atoms with E-state index in [-0.39, 0.29) is 5.91 Å². The SMILES string of the molecule is COC1CCN(c2n[nH]c3cc(NC(C)=O)ncc23)CC1.O=C(O)C(F)(F)F. The number of nitrogens with one attached hydrogen (secondary N) is 2. The van der Waals surface area contributed by atoms with Crippen molar-refractivity contribution in [3.05, 3.63) is 12.3 Å². The van der Waals surface area contributed by atoms with Crippen LogP contribution in [-0.2, 0) is 14.3 Å². The predicted octanol–water partition coefficient (Wildman–Crippen LogP) is 2.16. The number of fused-ring (bicyclic) bond motifs is 1. The van der Waals surface area contributed by atoms with E-state index in [1.54, 1.807) is 19.4 Å². The summed E-state index contributed by atoms with van der Waals surface area (Å²) < 4.78 is 37.1. The number of carbonyl (C=O) groups is 2. The smallest absolute Gasteiger partial charge is 0.475 e. The molecule has 2 aromatic heterocycles. The Kier molecular flexibility index (Phi) is 6.78. The van der Waals surface area contributed by atoms with Gasteiger partial charge in [-0.3, -0.25) is 9.89 Å². The van der Waals surface area contributed by atoms with Gasteiger partial charge >= 0.3 is 12.1 Å². The van der Waals surface area contributed by atoms with E-state index in [0.717, 1.165) is 42.7 Å². The highest BCUT2D eigenvalue weighted by Gasteiger charge is 2.38. The standard InChI is InChI=1S/C14H19N5O2.C2HF3O2/c1-9(20)16-13-7-12-11(8-15-13)14(18-17-12)19-5-3-10(21-2)4-6-19;3-2(4,5)1(6)7/h7-8,10H,3-6H2,1-2H3,(H,17,18)(H,15,16,20);(H,6,7). The van der Waals surface area contributed by atoms with Crippen molar-refractivity contribution in [2.45, 2.75) is 32.0 Å². The van der Waals surface area contributed by atoms with Crippen molar-refractivity contribution in [1.82, 2.24) is 15.2 Å². The van der Waals surface area contributed by atoms with E-state index in [9.17, 15) is 18.0 Å². The number of ether oxygens (including phenoxy) is 1. The van der Waals surface area contributed by atoms with Gasteiger partial charge in [-0.25, -0.2) is 9.78 Å². The molecule has 1 aliphatic heterocycles. The van der Waals surface area contributed by atoms with Gasteiger partial charge in [-0.1, -0.05) is 0 Å². The van der Waals surface area contributed by atoms with Crippen molar-refractivity contribution in [1.29, 1.82) is 0 Å². The van der Waals surface area contributed by atoms with E-state index < -0.39 is 12.1 Å². The summed E-state index contributed by atoms with van der Waals surface area (Å²) in [4.78, 5) is 26.5. The highest BCUT2D eigenvalue weighted by atomic mass is 19.4. The third kappa shape index (κ3) is 5.55. The third-order valence-electron chi connectivity index (χ3n) is 4.05. The normalized spacial score (nSPS) is 15.1. The highest BCUT2D eigenvalue weighted by molar-refractivity contribution is 5.94. The number of pyridine rings is 1. The molecule has 2 aromatic rings. The van der Waals surface area contributed by atoms with Crippen LogP contribution in [0.2, 0.25) is 0 Å². The first kappa shape index (κ1) is 21.4. The van der Waals surface area contributed by atoms with E-state index in [4.69, 9.17) is 14.6 Å². The Hall–Kier alpha value is -2.89. The predicted molar refractivity (Wildman–Crippen MR) is 94.1 cm³/mol. The Morgan fingerprint density at radius 3 is 2.46 bits per heavy atom. The summed E-state index contributed by atoms with van der Waals surface area (Å²) in [7, 11) is 1.76. The lowest BCUT2D eigenvalue weighted by Gasteiger charge is -2.31. The fraction of sp³-hybridized carbons (Fsp3) is 0.500. The first-order chi connectivity index (χ1) is 13.1. The molecule has 12 heteroatoms. The topological polar surface area (TPSA) is 120 Å². The van der Waals surface area contributed by atoms with Crippen LogP contribution in [0.25, 0.3) is 10.9 Å². The van der Waals surface area contributed by atoms with Crippen LogP contribution in [-0.4, -0.2) is 64.6 Å². The van der Waals surface area contributed by atoms with Gasteiger partial charge in [0.05, 0.1) is 17.0 Å². The van der Waals surface area contributed by atoms with E-state index in [1.165, 1.54) is 6.92 Å². The molecule has 0 aliphatic carbocycles. The Balaban J connectivity index is 0.000000345. The number of rotatable bonds is 3. The number of methoxy groups -OCH3 is 1. The van der Waals surface area contributed by atoms with Crippen molar-refractivity contribution in [3.63, 3.8) is 0 Å². The van der Waals surface area contributed by atoms with Crippen LogP contribution in [0.3, 0.4) is 0 Å². The summed E-state index contributed by atoms with van der Waals surface area (Å²) in [5.41, 5.74) is 0.873. The molecule has 1 amide bonds. The number of aromatic amines is 1. The van der Waals surface area contributed by atoms with Gasteiger partial charge in [0.2, 0.25) is 5.91 Å². The van der Waals surface area contributed by atoms with Crippen molar-refractivity contribution < 1.29 is 32.6 Å². The number of halogens is 3. The minimum Gasteiger partial charge on any atom is -0.475 e. The average Bonchev–Trinajstić information content (AvgIpc) is 3.04. The number of carboxylic acid groups (broad SMARTS) is 1. The fourth-order valence-electron chi connectivity index (χ4n) is 2.69. The number of hydrogen-bond donors (Lipinski definition) is 3. The van der Waals surface area contributed by atoms with Crippen LogP contribution in [0.5, 0.6) is 0 Å². The van der Waals surface area contributed by atoms with Crippen LogP contribution >= 0.6 is 0 Å². The molecule has 1 saturated heterocycles. The lowest BCUT2D eigenvalue weighted by Crippen LogP contribution is -2.36. The molecule has 9 nitrogen and oxygen atoms in total. The highest BCUT2D eigenvalue weighted by Crippen LogP contribution is 2.27. The second-order valence-electron chi connectivity index (χ2n) is 6.07. The second-order valence-corrected chi connectivity index (χ2v) is 6.07. The maximum absolute atomic E-state index is 11.1. The molecule has 1 fully saturated rings. The van der Waals surface area contributed by atoms with Crippen LogP contribution in [0.15, 0.2) is 12.3 Å². The molecular weight excluding hydrogens is 383 g/mol. The van der Waals surface area contributed by atoms with Gasteiger partial charge in [0.1, 0.15) is 5.82 Å². The van der Waals surface area contributed by atoms with Crippen LogP contribution in [0, 0.1) is 0 Å². The van der Waals surface area contributed by atoms with Crippen molar-refractivity contribution in [2.24, 2.45) is 0 Å². The number of aromatic nitrogens is 3. The number of piperidine rings is 1. The van der Waals surface area contributed by atoms with Gasteiger partial charge in [-0.05, 0) is 12.8 Å². The number of carbonyl (C=O) groups excluding carboxylic acids is 1. The molecule has 0 saturated carbocycles. The Labute approximate surface area is 157 Å². The molecule has 0 bridgehead atoms. The van der Waals surface area contributed by atoms with Crippen LogP contribution < -0.4 is 10.2 Å². The summed E-state index contributed by atoms with van der Waals surface area (Å²) in [5.74, 6) is -1.44. The molecule has 1 aliphatic rings. The van der Waals surface area contributed by atoms with E-state index in [0.29, 0.717) is 11.9 Å². The quantitative estimate of drug-likeness (QED) is 0.718.